The Kier molecular flexibility index (Phi) is 6.74. The molecule has 2 N–H and O–H groups in total. The molecule has 1 saturated heterocycles. The number of fused-ring (bicyclic) bond motifs is 1. The largest absolute Gasteiger partial charge is 0.339 e. The van der Waals surface area contributed by atoms with E-state index in [-0.39, 0.29) is 24.1 Å². The van der Waals surface area contributed by atoms with E-state index in [9.17, 15) is 14.0 Å². The number of anilines is 1. The Hall–Kier alpha value is -2.62. The van der Waals surface area contributed by atoms with Crippen LogP contribution in [-0.2, 0) is 9.59 Å². The number of rotatable bonds is 6. The first-order valence-corrected chi connectivity index (χ1v) is 11.2. The van der Waals surface area contributed by atoms with Crippen LogP contribution in [0, 0.1) is 5.82 Å². The summed E-state index contributed by atoms with van der Waals surface area (Å²) in [5.41, 5.74) is 2.08. The van der Waals surface area contributed by atoms with Gasteiger partial charge in [0.05, 0.1) is 23.3 Å². The van der Waals surface area contributed by atoms with E-state index >= 15 is 0 Å². The quantitative estimate of drug-likeness (QED) is 0.551. The second kappa shape index (κ2) is 9.67. The van der Waals surface area contributed by atoms with Crippen LogP contribution in [0.2, 0.25) is 5.02 Å². The van der Waals surface area contributed by atoms with Crippen LogP contribution in [0.15, 0.2) is 47.6 Å². The number of thioether (sulfide) groups is 1. The fourth-order valence-electron chi connectivity index (χ4n) is 3.37. The van der Waals surface area contributed by atoms with Gasteiger partial charge in [-0.3, -0.25) is 14.5 Å². The third-order valence-electron chi connectivity index (χ3n) is 4.96. The van der Waals surface area contributed by atoms with Gasteiger partial charge in [-0.25, -0.2) is 9.37 Å². The molecule has 0 aliphatic carbocycles. The number of nitrogens with zero attached hydrogens (tertiary/aromatic N) is 3. The van der Waals surface area contributed by atoms with Gasteiger partial charge < -0.3 is 15.2 Å². The number of piperazine rings is 1. The Morgan fingerprint density at radius 2 is 1.97 bits per heavy atom. The molecule has 7 nitrogen and oxygen atoms in total. The lowest BCUT2D eigenvalue weighted by molar-refractivity contribution is -0.130. The summed E-state index contributed by atoms with van der Waals surface area (Å²) in [5, 5.41) is 4.00. The highest BCUT2D eigenvalue weighted by Gasteiger charge is 2.22. The zero-order chi connectivity index (χ0) is 21.8. The third-order valence-corrected chi connectivity index (χ3v) is 6.05. The number of imidazole rings is 1. The molecule has 1 aliphatic rings. The van der Waals surface area contributed by atoms with Gasteiger partial charge in [0.15, 0.2) is 5.16 Å². The number of carbonyl (C=O) groups excluding carboxylic acids is 2. The smallest absolute Gasteiger partial charge is 0.238 e. The number of amides is 2. The van der Waals surface area contributed by atoms with Crippen molar-refractivity contribution in [2.45, 2.75) is 5.16 Å². The number of aromatic nitrogens is 2. The lowest BCUT2D eigenvalue weighted by atomic mass is 10.3. The first-order chi connectivity index (χ1) is 15.0. The van der Waals surface area contributed by atoms with Gasteiger partial charge in [-0.05, 0) is 36.4 Å². The van der Waals surface area contributed by atoms with Crippen LogP contribution in [0.25, 0.3) is 11.0 Å². The Labute approximate surface area is 187 Å². The van der Waals surface area contributed by atoms with Crippen molar-refractivity contribution in [2.24, 2.45) is 0 Å². The summed E-state index contributed by atoms with van der Waals surface area (Å²) in [6, 6.07) is 11.2. The lowest BCUT2D eigenvalue weighted by Gasteiger charge is -2.34. The van der Waals surface area contributed by atoms with Gasteiger partial charge in [0.2, 0.25) is 11.8 Å². The van der Waals surface area contributed by atoms with E-state index in [1.807, 2.05) is 11.0 Å². The van der Waals surface area contributed by atoms with Gasteiger partial charge >= 0.3 is 0 Å². The molecule has 162 valence electrons. The van der Waals surface area contributed by atoms with Gasteiger partial charge in [-0.2, -0.15) is 0 Å². The summed E-state index contributed by atoms with van der Waals surface area (Å²) in [6.07, 6.45) is 0. The molecule has 31 heavy (non-hydrogen) atoms. The number of aromatic amines is 1. The lowest BCUT2D eigenvalue weighted by Crippen LogP contribution is -2.50. The van der Waals surface area contributed by atoms with Crippen LogP contribution in [0.3, 0.4) is 0 Å². The van der Waals surface area contributed by atoms with Crippen LogP contribution in [0.5, 0.6) is 0 Å². The Balaban J connectivity index is 1.21. The van der Waals surface area contributed by atoms with E-state index in [4.69, 9.17) is 11.6 Å². The van der Waals surface area contributed by atoms with E-state index in [1.165, 1.54) is 23.9 Å². The molecular weight excluding hydrogens is 441 g/mol. The van der Waals surface area contributed by atoms with Crippen molar-refractivity contribution in [3.05, 3.63) is 53.3 Å². The number of H-pyrrole nitrogens is 1. The van der Waals surface area contributed by atoms with E-state index in [1.54, 1.807) is 29.2 Å². The Morgan fingerprint density at radius 1 is 1.16 bits per heavy atom. The second-order valence-electron chi connectivity index (χ2n) is 7.21. The number of carbonyl (C=O) groups is 2. The van der Waals surface area contributed by atoms with Crippen LogP contribution < -0.4 is 5.32 Å². The molecule has 2 aromatic carbocycles. The monoisotopic (exact) mass is 461 g/mol. The van der Waals surface area contributed by atoms with E-state index in [0.717, 1.165) is 11.0 Å². The summed E-state index contributed by atoms with van der Waals surface area (Å²) in [7, 11) is 0. The maximum Gasteiger partial charge on any atom is 0.238 e. The van der Waals surface area contributed by atoms with Gasteiger partial charge in [0.1, 0.15) is 5.82 Å². The Morgan fingerprint density at radius 3 is 2.74 bits per heavy atom. The number of hydrogen-bond acceptors (Lipinski definition) is 5. The predicted octanol–water partition coefficient (Wildman–Crippen LogP) is 3.23. The highest BCUT2D eigenvalue weighted by atomic mass is 35.5. The van der Waals surface area contributed by atoms with E-state index < -0.39 is 5.82 Å². The molecule has 2 heterocycles. The third kappa shape index (κ3) is 5.75. The van der Waals surface area contributed by atoms with Crippen molar-refractivity contribution in [3.63, 3.8) is 0 Å². The summed E-state index contributed by atoms with van der Waals surface area (Å²) in [5.74, 6) is -0.277. The summed E-state index contributed by atoms with van der Waals surface area (Å²) in [6.45, 7) is 2.53. The highest BCUT2D eigenvalue weighted by Crippen LogP contribution is 2.22. The van der Waals surface area contributed by atoms with Crippen molar-refractivity contribution in [1.82, 2.24) is 19.8 Å². The van der Waals surface area contributed by atoms with Gasteiger partial charge in [0.25, 0.3) is 0 Å². The zero-order valence-corrected chi connectivity index (χ0v) is 18.2. The molecule has 0 atom stereocenters. The maximum atomic E-state index is 13.2. The maximum absolute atomic E-state index is 13.2. The second-order valence-corrected chi connectivity index (χ2v) is 8.61. The Bertz CT molecular complexity index is 1100. The van der Waals surface area contributed by atoms with Crippen LogP contribution in [0.4, 0.5) is 10.1 Å². The zero-order valence-electron chi connectivity index (χ0n) is 16.6. The minimum absolute atomic E-state index is 0.0346. The molecule has 2 amide bonds. The molecular formula is C21H21ClFN5O2S. The number of hydrogen-bond donors (Lipinski definition) is 2. The fraction of sp³-hybridized carbons (Fsp3) is 0.286. The molecule has 0 saturated carbocycles. The molecule has 1 aromatic heterocycles. The minimum Gasteiger partial charge on any atom is -0.339 e. The molecule has 3 aromatic rings. The number of halogens is 2. The first-order valence-electron chi connectivity index (χ1n) is 9.80. The molecule has 0 unspecified atom stereocenters. The molecule has 0 radical (unpaired) electrons. The average molecular weight is 462 g/mol. The van der Waals surface area contributed by atoms with Crippen molar-refractivity contribution in [1.29, 1.82) is 0 Å². The van der Waals surface area contributed by atoms with Gasteiger partial charge in [-0.15, -0.1) is 0 Å². The first kappa shape index (κ1) is 21.6. The van der Waals surface area contributed by atoms with Crippen molar-refractivity contribution in [2.75, 3.05) is 43.8 Å². The van der Waals surface area contributed by atoms with Gasteiger partial charge in [0, 0.05) is 36.9 Å². The van der Waals surface area contributed by atoms with Gasteiger partial charge in [-0.1, -0.05) is 29.4 Å². The average Bonchev–Trinajstić information content (AvgIpc) is 3.14. The number of nitrogens with one attached hydrogen (secondary N) is 2. The number of benzene rings is 2. The van der Waals surface area contributed by atoms with Crippen LogP contribution >= 0.6 is 23.4 Å². The highest BCUT2D eigenvalue weighted by molar-refractivity contribution is 7.99. The van der Waals surface area contributed by atoms with Crippen LogP contribution in [0.1, 0.15) is 0 Å². The van der Waals surface area contributed by atoms with Crippen molar-refractivity contribution in [3.8, 4) is 0 Å². The molecule has 1 fully saturated rings. The molecule has 10 heteroatoms. The molecule has 0 bridgehead atoms. The standard InChI is InChI=1S/C21H21ClFN5O2S/c22-14-4-5-17-18(10-14)26-21(25-17)31-13-20(30)28-8-6-27(7-9-28)12-19(29)24-16-3-1-2-15(23)11-16/h1-5,10-11H,6-9,12-13H2,(H,24,29)(H,25,26). The van der Waals surface area contributed by atoms with E-state index in [0.29, 0.717) is 42.0 Å². The van der Waals surface area contributed by atoms with Crippen molar-refractivity contribution < 1.29 is 14.0 Å². The normalized spacial score (nSPS) is 14.7. The topological polar surface area (TPSA) is 81.3 Å². The van der Waals surface area contributed by atoms with Crippen molar-refractivity contribution >= 4 is 51.9 Å². The fourth-order valence-corrected chi connectivity index (χ4v) is 4.33. The molecule has 1 aliphatic heterocycles. The molecule has 0 spiro atoms. The predicted molar refractivity (Wildman–Crippen MR) is 120 cm³/mol. The van der Waals surface area contributed by atoms with E-state index in [2.05, 4.69) is 15.3 Å². The summed E-state index contributed by atoms with van der Waals surface area (Å²) < 4.78 is 13.2. The SMILES string of the molecule is O=C(CN1CCN(C(=O)CSc2nc3ccc(Cl)cc3[nH]2)CC1)Nc1cccc(F)c1. The minimum atomic E-state index is -0.394. The van der Waals surface area contributed by atoms with Crippen LogP contribution in [-0.4, -0.2) is 70.1 Å². The summed E-state index contributed by atoms with van der Waals surface area (Å²) in [4.78, 5) is 36.1. The summed E-state index contributed by atoms with van der Waals surface area (Å²) >= 11 is 7.35. The molecule has 4 rings (SSSR count).